The smallest absolute Gasteiger partial charge is 0.257 e. The summed E-state index contributed by atoms with van der Waals surface area (Å²) in [6, 6.07) is 11.1. The first-order valence-electron chi connectivity index (χ1n) is 9.03. The molecule has 0 saturated heterocycles. The Labute approximate surface area is 175 Å². The molecule has 0 atom stereocenters. The van der Waals surface area contributed by atoms with Gasteiger partial charge in [0, 0.05) is 11.8 Å². The van der Waals surface area contributed by atoms with Crippen LogP contribution in [0.2, 0.25) is 5.02 Å². The highest BCUT2D eigenvalue weighted by atomic mass is 35.5. The molecule has 8 heteroatoms. The number of nitrogens with zero attached hydrogens (tertiary/aromatic N) is 2. The molecule has 0 bridgehead atoms. The van der Waals surface area contributed by atoms with E-state index in [1.165, 1.54) is 0 Å². The second kappa shape index (κ2) is 7.09. The van der Waals surface area contributed by atoms with Gasteiger partial charge < -0.3 is 14.8 Å². The average molecular weight is 426 g/mol. The Hall–Kier alpha value is -3.03. The van der Waals surface area contributed by atoms with Crippen LogP contribution in [-0.4, -0.2) is 28.5 Å². The molecule has 1 amide bonds. The normalized spacial score (nSPS) is 12.9. The van der Waals surface area contributed by atoms with Crippen molar-refractivity contribution in [3.63, 3.8) is 0 Å². The highest BCUT2D eigenvalue weighted by Crippen LogP contribution is 2.39. The fourth-order valence-electron chi connectivity index (χ4n) is 3.27. The molecular weight excluding hydrogens is 410 g/mol. The summed E-state index contributed by atoms with van der Waals surface area (Å²) >= 11 is 7.87. The number of imidazole rings is 1. The number of carbonyl (C=O) groups excluding carboxylic acids is 1. The van der Waals surface area contributed by atoms with Crippen LogP contribution in [-0.2, 0) is 0 Å². The summed E-state index contributed by atoms with van der Waals surface area (Å²) in [5.74, 6) is 1.25. The Morgan fingerprint density at radius 2 is 2.10 bits per heavy atom. The molecule has 4 heterocycles. The fraction of sp³-hybridized carbons (Fsp3) is 0.143. The number of hydrogen-bond donors (Lipinski definition) is 1. The standard InChI is InChI=1S/C21H16ClN3O3S/c1-12-4-5-25-17(9-12)23-18(16-3-2-8-29-16)20(25)24-21(26)13-10-14(22)19-15(11-13)27-6-7-28-19/h2-5,8-11H,6-7H2,1H3,(H,24,26). The van der Waals surface area contributed by atoms with Crippen LogP contribution >= 0.6 is 22.9 Å². The fourth-order valence-corrected chi connectivity index (χ4v) is 4.25. The van der Waals surface area contributed by atoms with Gasteiger partial charge in [-0.1, -0.05) is 17.7 Å². The second-order valence-corrected chi connectivity index (χ2v) is 8.01. The van der Waals surface area contributed by atoms with E-state index < -0.39 is 0 Å². The number of thiophene rings is 1. The molecule has 0 saturated carbocycles. The number of halogens is 1. The summed E-state index contributed by atoms with van der Waals surface area (Å²) in [6.07, 6.45) is 1.90. The van der Waals surface area contributed by atoms with Gasteiger partial charge in [-0.2, -0.15) is 0 Å². The zero-order valence-corrected chi connectivity index (χ0v) is 17.0. The van der Waals surface area contributed by atoms with Gasteiger partial charge in [0.25, 0.3) is 5.91 Å². The number of amides is 1. The molecule has 0 spiro atoms. The highest BCUT2D eigenvalue weighted by Gasteiger charge is 2.22. The summed E-state index contributed by atoms with van der Waals surface area (Å²) in [7, 11) is 0. The lowest BCUT2D eigenvalue weighted by Crippen LogP contribution is -2.18. The van der Waals surface area contributed by atoms with E-state index in [2.05, 4.69) is 5.32 Å². The number of anilines is 1. The van der Waals surface area contributed by atoms with E-state index in [9.17, 15) is 4.79 Å². The van der Waals surface area contributed by atoms with Crippen LogP contribution < -0.4 is 14.8 Å². The Balaban J connectivity index is 1.57. The molecule has 146 valence electrons. The summed E-state index contributed by atoms with van der Waals surface area (Å²) < 4.78 is 13.0. The maximum absolute atomic E-state index is 13.1. The maximum atomic E-state index is 13.1. The summed E-state index contributed by atoms with van der Waals surface area (Å²) in [5.41, 5.74) is 2.97. The van der Waals surface area contributed by atoms with Gasteiger partial charge >= 0.3 is 0 Å². The number of aromatic nitrogens is 2. The molecule has 0 fully saturated rings. The quantitative estimate of drug-likeness (QED) is 0.499. The summed E-state index contributed by atoms with van der Waals surface area (Å²) in [5, 5.41) is 5.33. The second-order valence-electron chi connectivity index (χ2n) is 6.65. The van der Waals surface area contributed by atoms with Gasteiger partial charge in [-0.25, -0.2) is 4.98 Å². The zero-order valence-electron chi connectivity index (χ0n) is 15.4. The SMILES string of the molecule is Cc1ccn2c(NC(=O)c3cc(Cl)c4c(c3)OCCO4)c(-c3cccs3)nc2c1. The lowest BCUT2D eigenvalue weighted by molar-refractivity contribution is 0.102. The van der Waals surface area contributed by atoms with Crippen molar-refractivity contribution in [2.24, 2.45) is 0 Å². The minimum Gasteiger partial charge on any atom is -0.486 e. The first-order valence-corrected chi connectivity index (χ1v) is 10.3. The molecule has 5 rings (SSSR count). The third kappa shape index (κ3) is 3.22. The molecule has 1 aliphatic heterocycles. The van der Waals surface area contributed by atoms with Crippen molar-refractivity contribution in [2.75, 3.05) is 18.5 Å². The molecule has 1 aliphatic rings. The largest absolute Gasteiger partial charge is 0.486 e. The topological polar surface area (TPSA) is 64.9 Å². The zero-order chi connectivity index (χ0) is 20.0. The molecule has 29 heavy (non-hydrogen) atoms. The lowest BCUT2D eigenvalue weighted by atomic mass is 10.1. The predicted octanol–water partition coefficient (Wildman–Crippen LogP) is 5.05. The summed E-state index contributed by atoms with van der Waals surface area (Å²) in [4.78, 5) is 18.8. The molecule has 6 nitrogen and oxygen atoms in total. The monoisotopic (exact) mass is 425 g/mol. The van der Waals surface area contributed by atoms with Crippen LogP contribution in [0.3, 0.4) is 0 Å². The molecule has 1 N–H and O–H groups in total. The van der Waals surface area contributed by atoms with Gasteiger partial charge in [0.1, 0.15) is 30.4 Å². The number of fused-ring (bicyclic) bond motifs is 2. The number of carbonyl (C=O) groups is 1. The van der Waals surface area contributed by atoms with Crippen molar-refractivity contribution < 1.29 is 14.3 Å². The van der Waals surface area contributed by atoms with Gasteiger partial charge in [-0.15, -0.1) is 11.3 Å². The Morgan fingerprint density at radius 3 is 2.93 bits per heavy atom. The van der Waals surface area contributed by atoms with Crippen molar-refractivity contribution >= 4 is 40.3 Å². The minimum atomic E-state index is -0.302. The molecule has 3 aromatic heterocycles. The number of pyridine rings is 1. The number of benzene rings is 1. The van der Waals surface area contributed by atoms with Crippen molar-refractivity contribution in [2.45, 2.75) is 6.92 Å². The number of ether oxygens (including phenoxy) is 2. The van der Waals surface area contributed by atoms with Crippen molar-refractivity contribution in [3.05, 3.63) is 64.1 Å². The van der Waals surface area contributed by atoms with E-state index in [-0.39, 0.29) is 5.91 Å². The van der Waals surface area contributed by atoms with Crippen LogP contribution in [0.25, 0.3) is 16.2 Å². The minimum absolute atomic E-state index is 0.302. The van der Waals surface area contributed by atoms with Crippen LogP contribution in [0, 0.1) is 6.92 Å². The van der Waals surface area contributed by atoms with Crippen molar-refractivity contribution in [3.8, 4) is 22.1 Å². The molecule has 0 radical (unpaired) electrons. The van der Waals surface area contributed by atoms with E-state index in [1.54, 1.807) is 23.5 Å². The van der Waals surface area contributed by atoms with Crippen LogP contribution in [0.4, 0.5) is 5.82 Å². The number of aryl methyl sites for hydroxylation is 1. The molecule has 1 aromatic carbocycles. The van der Waals surface area contributed by atoms with Crippen molar-refractivity contribution in [1.29, 1.82) is 0 Å². The Morgan fingerprint density at radius 1 is 1.24 bits per heavy atom. The first-order chi connectivity index (χ1) is 14.1. The van der Waals surface area contributed by atoms with Crippen LogP contribution in [0.15, 0.2) is 48.0 Å². The molecule has 4 aromatic rings. The third-order valence-electron chi connectivity index (χ3n) is 4.63. The van der Waals surface area contributed by atoms with E-state index in [0.717, 1.165) is 21.8 Å². The van der Waals surface area contributed by atoms with Gasteiger partial charge in [0.05, 0.1) is 9.90 Å². The summed E-state index contributed by atoms with van der Waals surface area (Å²) in [6.45, 7) is 2.86. The molecule has 0 aliphatic carbocycles. The average Bonchev–Trinajstić information content (AvgIpc) is 3.36. The van der Waals surface area contributed by atoms with Crippen LogP contribution in [0.1, 0.15) is 15.9 Å². The lowest BCUT2D eigenvalue weighted by Gasteiger charge is -2.20. The predicted molar refractivity (Wildman–Crippen MR) is 114 cm³/mol. The van der Waals surface area contributed by atoms with E-state index in [1.807, 2.05) is 47.2 Å². The van der Waals surface area contributed by atoms with Gasteiger partial charge in [0.15, 0.2) is 11.5 Å². The third-order valence-corrected chi connectivity index (χ3v) is 5.78. The van der Waals surface area contributed by atoms with Gasteiger partial charge in [0.2, 0.25) is 0 Å². The van der Waals surface area contributed by atoms with Crippen LogP contribution in [0.5, 0.6) is 11.5 Å². The molecule has 0 unspecified atom stereocenters. The highest BCUT2D eigenvalue weighted by molar-refractivity contribution is 7.13. The first kappa shape index (κ1) is 18.0. The Bertz CT molecular complexity index is 1230. The molecular formula is C21H16ClN3O3S. The van der Waals surface area contributed by atoms with E-state index >= 15 is 0 Å². The number of nitrogens with one attached hydrogen (secondary N) is 1. The maximum Gasteiger partial charge on any atom is 0.257 e. The Kier molecular flexibility index (Phi) is 4.41. The van der Waals surface area contributed by atoms with Crippen molar-refractivity contribution in [1.82, 2.24) is 9.38 Å². The van der Waals surface area contributed by atoms with Gasteiger partial charge in [-0.05, 0) is 48.2 Å². The van der Waals surface area contributed by atoms with Gasteiger partial charge in [-0.3, -0.25) is 9.20 Å². The number of rotatable bonds is 3. The van der Waals surface area contributed by atoms with E-state index in [4.69, 9.17) is 26.1 Å². The number of hydrogen-bond acceptors (Lipinski definition) is 5. The van der Waals surface area contributed by atoms with E-state index in [0.29, 0.717) is 41.1 Å².